The highest BCUT2D eigenvalue weighted by Gasteiger charge is 2.51. The highest BCUT2D eigenvalue weighted by atomic mass is 31.2. The van der Waals surface area contributed by atoms with E-state index < -0.39 is 63.1 Å². The van der Waals surface area contributed by atoms with E-state index in [1.54, 1.807) is 0 Å². The van der Waals surface area contributed by atoms with Crippen molar-refractivity contribution in [1.82, 2.24) is 0 Å². The molecule has 0 aromatic carbocycles. The summed E-state index contributed by atoms with van der Waals surface area (Å²) in [6.07, 6.45) is 28.8. The highest BCUT2D eigenvalue weighted by molar-refractivity contribution is 7.47. The van der Waals surface area contributed by atoms with E-state index in [2.05, 4.69) is 74.6 Å². The lowest BCUT2D eigenvalue weighted by Crippen LogP contribution is -2.64. The van der Waals surface area contributed by atoms with Crippen molar-refractivity contribution >= 4 is 13.8 Å². The molecular formula is C43H75O12P. The van der Waals surface area contributed by atoms with E-state index in [0.29, 0.717) is 13.0 Å². The first-order valence-corrected chi connectivity index (χ1v) is 22.6. The molecule has 0 aromatic rings. The number of esters is 1. The minimum absolute atomic E-state index is 0.0954. The van der Waals surface area contributed by atoms with Gasteiger partial charge in [0.05, 0.1) is 13.2 Å². The van der Waals surface area contributed by atoms with Gasteiger partial charge in [0, 0.05) is 13.0 Å². The van der Waals surface area contributed by atoms with Crippen LogP contribution < -0.4 is 0 Å². The Balaban J connectivity index is 2.42. The van der Waals surface area contributed by atoms with Gasteiger partial charge in [-0.2, -0.15) is 0 Å². The van der Waals surface area contributed by atoms with Crippen LogP contribution in [-0.2, 0) is 27.9 Å². The van der Waals surface area contributed by atoms with Gasteiger partial charge < -0.3 is 39.9 Å². The number of carbonyl (C=O) groups excluding carboxylic acids is 1. The molecule has 12 nitrogen and oxygen atoms in total. The van der Waals surface area contributed by atoms with Crippen molar-refractivity contribution in [3.63, 3.8) is 0 Å². The second kappa shape index (κ2) is 34.0. The van der Waals surface area contributed by atoms with Crippen LogP contribution in [0.4, 0.5) is 0 Å². The molecule has 1 rings (SSSR count). The third-order valence-corrected chi connectivity index (χ3v) is 10.4. The average Bonchev–Trinajstić information content (AvgIpc) is 3.18. The molecule has 13 heteroatoms. The molecule has 0 spiro atoms. The van der Waals surface area contributed by atoms with Crippen LogP contribution >= 0.6 is 7.82 Å². The summed E-state index contributed by atoms with van der Waals surface area (Å²) in [5.74, 6) is -0.493. The zero-order valence-electron chi connectivity index (χ0n) is 34.2. The van der Waals surface area contributed by atoms with E-state index in [0.717, 1.165) is 83.5 Å². The minimum Gasteiger partial charge on any atom is -0.457 e. The van der Waals surface area contributed by atoms with Crippen LogP contribution in [0.3, 0.4) is 0 Å². The molecule has 0 bridgehead atoms. The predicted molar refractivity (Wildman–Crippen MR) is 221 cm³/mol. The molecule has 0 aromatic heterocycles. The van der Waals surface area contributed by atoms with Gasteiger partial charge >= 0.3 is 13.8 Å². The van der Waals surface area contributed by atoms with Crippen molar-refractivity contribution in [1.29, 1.82) is 0 Å². The smallest absolute Gasteiger partial charge is 0.457 e. The van der Waals surface area contributed by atoms with Crippen molar-refractivity contribution in [2.75, 3.05) is 19.8 Å². The first-order valence-electron chi connectivity index (χ1n) is 21.1. The lowest BCUT2D eigenvalue weighted by molar-refractivity contribution is -0.220. The third kappa shape index (κ3) is 26.1. The molecule has 0 aliphatic heterocycles. The maximum atomic E-state index is 12.8. The largest absolute Gasteiger partial charge is 0.472 e. The molecule has 0 amide bonds. The Bertz CT molecular complexity index is 1160. The van der Waals surface area contributed by atoms with Gasteiger partial charge in [-0.25, -0.2) is 4.57 Å². The molecule has 324 valence electrons. The summed E-state index contributed by atoms with van der Waals surface area (Å²) in [5, 5.41) is 50.0. The summed E-state index contributed by atoms with van der Waals surface area (Å²) in [5.41, 5.74) is 0. The topological polar surface area (TPSA) is 192 Å². The second-order valence-electron chi connectivity index (χ2n) is 14.5. The van der Waals surface area contributed by atoms with Gasteiger partial charge in [-0.1, -0.05) is 139 Å². The minimum atomic E-state index is -5.02. The number of phosphoric ester groups is 1. The van der Waals surface area contributed by atoms with Crippen molar-refractivity contribution in [3.8, 4) is 0 Å². The van der Waals surface area contributed by atoms with Gasteiger partial charge in [0.25, 0.3) is 0 Å². The first-order chi connectivity index (χ1) is 27.0. The number of aliphatic hydroxyl groups excluding tert-OH is 5. The van der Waals surface area contributed by atoms with E-state index in [1.165, 1.54) is 32.1 Å². The van der Waals surface area contributed by atoms with Crippen molar-refractivity contribution < 1.29 is 58.3 Å². The van der Waals surface area contributed by atoms with Crippen molar-refractivity contribution in [2.45, 2.75) is 185 Å². The van der Waals surface area contributed by atoms with Gasteiger partial charge in [0.15, 0.2) is 0 Å². The highest BCUT2D eigenvalue weighted by Crippen LogP contribution is 2.47. The Morgan fingerprint density at radius 2 is 1.05 bits per heavy atom. The Hall–Kier alpha value is -1.96. The maximum Gasteiger partial charge on any atom is 0.472 e. The van der Waals surface area contributed by atoms with E-state index in [1.807, 2.05) is 0 Å². The molecule has 0 saturated heterocycles. The monoisotopic (exact) mass is 814 g/mol. The Morgan fingerprint density at radius 3 is 1.61 bits per heavy atom. The van der Waals surface area contributed by atoms with Gasteiger partial charge in [0.2, 0.25) is 0 Å². The molecule has 6 atom stereocenters. The molecule has 1 fully saturated rings. The van der Waals surface area contributed by atoms with Crippen LogP contribution in [0.1, 0.15) is 142 Å². The number of carbonyl (C=O) groups is 1. The summed E-state index contributed by atoms with van der Waals surface area (Å²) < 4.78 is 34.0. The summed E-state index contributed by atoms with van der Waals surface area (Å²) in [6.45, 7) is 4.03. The number of ether oxygens (including phenoxy) is 2. The van der Waals surface area contributed by atoms with Crippen LogP contribution in [0.25, 0.3) is 0 Å². The summed E-state index contributed by atoms with van der Waals surface area (Å²) >= 11 is 0. The number of phosphoric acid groups is 1. The summed E-state index contributed by atoms with van der Waals surface area (Å²) in [7, 11) is -5.02. The molecule has 0 radical (unpaired) electrons. The molecule has 1 aliphatic rings. The molecule has 1 saturated carbocycles. The normalized spacial score (nSPS) is 23.6. The van der Waals surface area contributed by atoms with Gasteiger partial charge in [0.1, 0.15) is 42.7 Å². The molecule has 56 heavy (non-hydrogen) atoms. The van der Waals surface area contributed by atoms with Gasteiger partial charge in [-0.3, -0.25) is 13.8 Å². The van der Waals surface area contributed by atoms with Gasteiger partial charge in [-0.05, 0) is 57.8 Å². The number of aliphatic hydroxyl groups is 5. The molecule has 6 unspecified atom stereocenters. The SMILES string of the molecule is CC/C=C\C/C=C\C/C=C\C/C=C\C/C=C\CCCCCCOCC(COP(=O)(O)OC1C(O)C(O)C(O)C(O)C1O)OC(=O)CCCCCCCCCCC. The fraction of sp³-hybridized carbons (Fsp3) is 0.744. The van der Waals surface area contributed by atoms with Crippen molar-refractivity contribution in [2.24, 2.45) is 0 Å². The van der Waals surface area contributed by atoms with Crippen LogP contribution in [-0.4, -0.2) is 98.9 Å². The third-order valence-electron chi connectivity index (χ3n) is 9.40. The number of hydrogen-bond donors (Lipinski definition) is 6. The number of hydrogen-bond acceptors (Lipinski definition) is 11. The molecule has 0 heterocycles. The second-order valence-corrected chi connectivity index (χ2v) is 15.9. The first kappa shape index (κ1) is 52.1. The summed E-state index contributed by atoms with van der Waals surface area (Å²) in [4.78, 5) is 23.0. The van der Waals surface area contributed by atoms with Crippen LogP contribution in [0, 0.1) is 0 Å². The maximum absolute atomic E-state index is 12.8. The zero-order valence-corrected chi connectivity index (χ0v) is 35.1. The number of allylic oxidation sites excluding steroid dienone is 10. The van der Waals surface area contributed by atoms with E-state index in [9.17, 15) is 39.8 Å². The quantitative estimate of drug-likeness (QED) is 0.0160. The Kier molecular flexibility index (Phi) is 31.6. The fourth-order valence-electron chi connectivity index (χ4n) is 6.03. The van der Waals surface area contributed by atoms with Crippen LogP contribution in [0.5, 0.6) is 0 Å². The van der Waals surface area contributed by atoms with E-state index in [4.69, 9.17) is 18.5 Å². The standard InChI is InChI=1S/C43H75O12P/c1-3-5-7-9-11-13-14-15-16-17-18-19-20-21-22-23-25-27-29-31-33-52-34-36(54-37(44)32-30-28-26-24-12-10-8-6-4-2)35-53-56(50,51)55-43-41(48)39(46)38(45)40(47)42(43)49/h5,7,11,13,15-16,18-19,21-22,36,38-43,45-49H,3-4,6,8-10,12,14,17,20,23-35H2,1-2H3,(H,50,51)/b7-5-,13-11-,16-15-,19-18-,22-21-. The fourth-order valence-corrected chi connectivity index (χ4v) is 7.00. The Morgan fingerprint density at radius 1 is 0.589 bits per heavy atom. The average molecular weight is 815 g/mol. The lowest BCUT2D eigenvalue weighted by Gasteiger charge is -2.41. The van der Waals surface area contributed by atoms with E-state index in [-0.39, 0.29) is 13.0 Å². The molecular weight excluding hydrogens is 739 g/mol. The molecule has 1 aliphatic carbocycles. The number of rotatable bonds is 34. The lowest BCUT2D eigenvalue weighted by atomic mass is 9.85. The van der Waals surface area contributed by atoms with E-state index >= 15 is 0 Å². The Labute approximate surface area is 337 Å². The summed E-state index contributed by atoms with van der Waals surface area (Å²) in [6, 6.07) is 0. The number of unbranched alkanes of at least 4 members (excludes halogenated alkanes) is 12. The predicted octanol–water partition coefficient (Wildman–Crippen LogP) is 7.86. The zero-order chi connectivity index (χ0) is 41.3. The van der Waals surface area contributed by atoms with Crippen molar-refractivity contribution in [3.05, 3.63) is 60.8 Å². The van der Waals surface area contributed by atoms with Gasteiger partial charge in [-0.15, -0.1) is 0 Å². The van der Waals surface area contributed by atoms with Crippen LogP contribution in [0.2, 0.25) is 0 Å². The molecule has 6 N–H and O–H groups in total. The van der Waals surface area contributed by atoms with Crippen LogP contribution in [0.15, 0.2) is 60.8 Å².